The summed E-state index contributed by atoms with van der Waals surface area (Å²) in [6.45, 7) is 3.93. The van der Waals surface area contributed by atoms with Crippen LogP contribution in [0.1, 0.15) is 30.9 Å². The minimum absolute atomic E-state index is 0.180. The van der Waals surface area contributed by atoms with Crippen molar-refractivity contribution in [2.24, 2.45) is 0 Å². The summed E-state index contributed by atoms with van der Waals surface area (Å²) in [6, 6.07) is 3.31. The maximum Gasteiger partial charge on any atom is 0.236 e. The van der Waals surface area contributed by atoms with Crippen LogP contribution in [0, 0.1) is 0 Å². The van der Waals surface area contributed by atoms with Crippen LogP contribution in [0.3, 0.4) is 0 Å². The van der Waals surface area contributed by atoms with E-state index in [0.29, 0.717) is 0 Å². The van der Waals surface area contributed by atoms with Crippen molar-refractivity contribution < 1.29 is 18.3 Å². The van der Waals surface area contributed by atoms with E-state index in [1.165, 1.54) is 7.11 Å². The van der Waals surface area contributed by atoms with Gasteiger partial charge in [0, 0.05) is 16.2 Å². The van der Waals surface area contributed by atoms with Crippen LogP contribution in [0.4, 0.5) is 0 Å². The standard InChI is InChI=1S/C11H15ClO4S/c1-7(2)8-4-9(6-17(12,14)15)11(13)10(5-8)16-3/h4-5,7,13H,6H2,1-3H3. The molecule has 0 atom stereocenters. The number of hydrogen-bond donors (Lipinski definition) is 1. The molecule has 0 aliphatic carbocycles. The van der Waals surface area contributed by atoms with Crippen LogP contribution in [0.15, 0.2) is 12.1 Å². The van der Waals surface area contributed by atoms with Crippen LogP contribution in [0.2, 0.25) is 0 Å². The first-order valence-corrected chi connectivity index (χ1v) is 7.54. The van der Waals surface area contributed by atoms with Gasteiger partial charge in [-0.1, -0.05) is 19.9 Å². The molecule has 0 saturated heterocycles. The average molecular weight is 279 g/mol. The van der Waals surface area contributed by atoms with E-state index < -0.39 is 14.8 Å². The van der Waals surface area contributed by atoms with E-state index in [4.69, 9.17) is 15.4 Å². The van der Waals surface area contributed by atoms with Gasteiger partial charge in [-0.05, 0) is 17.5 Å². The molecule has 0 saturated carbocycles. The molecule has 0 heterocycles. The predicted octanol–water partition coefficient (Wildman–Crippen LogP) is 2.59. The molecule has 1 rings (SSSR count). The highest BCUT2D eigenvalue weighted by Gasteiger charge is 2.17. The van der Waals surface area contributed by atoms with Crippen LogP contribution in [0.5, 0.6) is 11.5 Å². The summed E-state index contributed by atoms with van der Waals surface area (Å²) in [4.78, 5) is 0. The lowest BCUT2D eigenvalue weighted by Gasteiger charge is -2.13. The summed E-state index contributed by atoms with van der Waals surface area (Å²) < 4.78 is 27.1. The van der Waals surface area contributed by atoms with E-state index in [1.807, 2.05) is 13.8 Å². The molecule has 4 nitrogen and oxygen atoms in total. The highest BCUT2D eigenvalue weighted by Crippen LogP contribution is 2.35. The Bertz CT molecular complexity index is 508. The van der Waals surface area contributed by atoms with Gasteiger partial charge in [0.15, 0.2) is 11.5 Å². The minimum atomic E-state index is -3.71. The molecule has 0 aliphatic rings. The van der Waals surface area contributed by atoms with Crippen LogP contribution in [-0.2, 0) is 14.8 Å². The summed E-state index contributed by atoms with van der Waals surface area (Å²) in [5.41, 5.74) is 1.14. The Morgan fingerprint density at radius 1 is 1.41 bits per heavy atom. The third-order valence-corrected chi connectivity index (χ3v) is 3.37. The molecule has 6 heteroatoms. The summed E-state index contributed by atoms with van der Waals surface area (Å²) in [5.74, 6) is -0.147. The fourth-order valence-electron chi connectivity index (χ4n) is 1.47. The number of aromatic hydroxyl groups is 1. The second kappa shape index (κ2) is 5.14. The van der Waals surface area contributed by atoms with E-state index in [0.717, 1.165) is 5.56 Å². The lowest BCUT2D eigenvalue weighted by atomic mass is 10.00. The number of benzene rings is 1. The topological polar surface area (TPSA) is 63.6 Å². The first-order valence-electron chi connectivity index (χ1n) is 5.06. The normalized spacial score (nSPS) is 11.8. The van der Waals surface area contributed by atoms with E-state index in [1.54, 1.807) is 12.1 Å². The van der Waals surface area contributed by atoms with Crippen molar-refractivity contribution in [1.29, 1.82) is 0 Å². The number of phenols is 1. The monoisotopic (exact) mass is 278 g/mol. The molecule has 1 aromatic carbocycles. The van der Waals surface area contributed by atoms with Crippen molar-refractivity contribution in [2.45, 2.75) is 25.5 Å². The van der Waals surface area contributed by atoms with Crippen LogP contribution < -0.4 is 4.74 Å². The Balaban J connectivity index is 3.32. The van der Waals surface area contributed by atoms with Crippen molar-refractivity contribution in [2.75, 3.05) is 7.11 Å². The lowest BCUT2D eigenvalue weighted by molar-refractivity contribution is 0.370. The third kappa shape index (κ3) is 3.78. The van der Waals surface area contributed by atoms with Gasteiger partial charge in [-0.25, -0.2) is 8.42 Å². The lowest BCUT2D eigenvalue weighted by Crippen LogP contribution is -2.00. The molecule has 0 aliphatic heterocycles. The van der Waals surface area contributed by atoms with Crippen molar-refractivity contribution in [3.05, 3.63) is 23.3 Å². The number of hydrogen-bond acceptors (Lipinski definition) is 4. The fourth-order valence-corrected chi connectivity index (χ4v) is 2.42. The van der Waals surface area contributed by atoms with Gasteiger partial charge in [0.05, 0.1) is 12.9 Å². The predicted molar refractivity (Wildman–Crippen MR) is 67.2 cm³/mol. The zero-order valence-electron chi connectivity index (χ0n) is 9.90. The SMILES string of the molecule is COc1cc(C(C)C)cc(CS(=O)(=O)Cl)c1O. The maximum absolute atomic E-state index is 11.0. The van der Waals surface area contributed by atoms with Gasteiger partial charge in [-0.15, -0.1) is 0 Å². The van der Waals surface area contributed by atoms with Gasteiger partial charge in [0.1, 0.15) is 0 Å². The fraction of sp³-hybridized carbons (Fsp3) is 0.455. The Kier molecular flexibility index (Phi) is 4.27. The largest absolute Gasteiger partial charge is 0.504 e. The molecule has 0 unspecified atom stereocenters. The van der Waals surface area contributed by atoms with Crippen LogP contribution in [0.25, 0.3) is 0 Å². The molecule has 17 heavy (non-hydrogen) atoms. The van der Waals surface area contributed by atoms with Gasteiger partial charge in [-0.3, -0.25) is 0 Å². The number of phenolic OH excluding ortho intramolecular Hbond substituents is 1. The molecule has 0 radical (unpaired) electrons. The Labute approximate surface area is 106 Å². The Morgan fingerprint density at radius 2 is 2.00 bits per heavy atom. The molecule has 0 aromatic heterocycles. The summed E-state index contributed by atoms with van der Waals surface area (Å²) >= 11 is 0. The smallest absolute Gasteiger partial charge is 0.236 e. The molecule has 0 amide bonds. The molecule has 0 bridgehead atoms. The first kappa shape index (κ1) is 14.1. The number of rotatable bonds is 4. The van der Waals surface area contributed by atoms with Crippen molar-refractivity contribution in [3.63, 3.8) is 0 Å². The quantitative estimate of drug-likeness (QED) is 0.860. The molecule has 96 valence electrons. The minimum Gasteiger partial charge on any atom is -0.504 e. The van der Waals surface area contributed by atoms with Gasteiger partial charge < -0.3 is 9.84 Å². The van der Waals surface area contributed by atoms with Crippen molar-refractivity contribution >= 4 is 19.7 Å². The van der Waals surface area contributed by atoms with Crippen molar-refractivity contribution in [3.8, 4) is 11.5 Å². The third-order valence-electron chi connectivity index (χ3n) is 2.39. The van der Waals surface area contributed by atoms with Crippen LogP contribution >= 0.6 is 10.7 Å². The zero-order valence-corrected chi connectivity index (χ0v) is 11.5. The van der Waals surface area contributed by atoms with Gasteiger partial charge in [0.25, 0.3) is 0 Å². The molecule has 1 N–H and O–H groups in total. The average Bonchev–Trinajstić information content (AvgIpc) is 2.18. The van der Waals surface area contributed by atoms with E-state index in [9.17, 15) is 13.5 Å². The van der Waals surface area contributed by atoms with E-state index in [2.05, 4.69) is 0 Å². The van der Waals surface area contributed by atoms with Crippen molar-refractivity contribution in [1.82, 2.24) is 0 Å². The molecule has 0 fully saturated rings. The second-order valence-electron chi connectivity index (χ2n) is 4.07. The number of ether oxygens (including phenoxy) is 1. The molecular weight excluding hydrogens is 264 g/mol. The highest BCUT2D eigenvalue weighted by molar-refractivity contribution is 8.13. The van der Waals surface area contributed by atoms with E-state index >= 15 is 0 Å². The van der Waals surface area contributed by atoms with Crippen LogP contribution in [-0.4, -0.2) is 20.6 Å². The maximum atomic E-state index is 11.0. The highest BCUT2D eigenvalue weighted by atomic mass is 35.7. The second-order valence-corrected chi connectivity index (χ2v) is 6.85. The number of halogens is 1. The summed E-state index contributed by atoms with van der Waals surface area (Å²) in [6.07, 6.45) is 0. The zero-order chi connectivity index (χ0) is 13.2. The van der Waals surface area contributed by atoms with E-state index in [-0.39, 0.29) is 23.0 Å². The summed E-state index contributed by atoms with van der Waals surface area (Å²) in [5, 5.41) is 9.81. The number of methoxy groups -OCH3 is 1. The molecular formula is C11H15ClO4S. The first-order chi connectivity index (χ1) is 7.74. The summed E-state index contributed by atoms with van der Waals surface area (Å²) in [7, 11) is 2.89. The Hall–Kier alpha value is -0.940. The molecule has 0 spiro atoms. The van der Waals surface area contributed by atoms with Gasteiger partial charge in [-0.2, -0.15) is 0 Å². The molecule has 1 aromatic rings. The van der Waals surface area contributed by atoms with Gasteiger partial charge >= 0.3 is 0 Å². The Morgan fingerprint density at radius 3 is 2.41 bits per heavy atom. The van der Waals surface area contributed by atoms with Gasteiger partial charge in [0.2, 0.25) is 9.05 Å².